The van der Waals surface area contributed by atoms with Gasteiger partial charge in [0, 0.05) is 5.69 Å². The van der Waals surface area contributed by atoms with Gasteiger partial charge in [-0.2, -0.15) is 0 Å². The lowest BCUT2D eigenvalue weighted by Gasteiger charge is -2.07. The number of hydrogen-bond acceptors (Lipinski definition) is 3. The van der Waals surface area contributed by atoms with Crippen LogP contribution in [0.15, 0.2) is 27.0 Å². The largest absolute Gasteiger partial charge is 0.370 e. The van der Waals surface area contributed by atoms with Crippen LogP contribution in [0.4, 0.5) is 5.69 Å². The van der Waals surface area contributed by atoms with Crippen molar-refractivity contribution in [2.45, 2.75) is 27.3 Å². The van der Waals surface area contributed by atoms with Crippen molar-refractivity contribution in [2.24, 2.45) is 10.7 Å². The minimum Gasteiger partial charge on any atom is -0.370 e. The number of rotatable bonds is 3. The molecule has 0 saturated carbocycles. The van der Waals surface area contributed by atoms with Gasteiger partial charge >= 0.3 is 0 Å². The number of hydrogen-bond donors (Lipinski definition) is 2. The van der Waals surface area contributed by atoms with Crippen LogP contribution in [0, 0.1) is 20.8 Å². The summed E-state index contributed by atoms with van der Waals surface area (Å²) in [7, 11) is 0. The lowest BCUT2D eigenvalue weighted by Crippen LogP contribution is -2.22. The molecule has 20 heavy (non-hydrogen) atoms. The highest BCUT2D eigenvalue weighted by Gasteiger charge is 2.04. The van der Waals surface area contributed by atoms with Crippen LogP contribution in [-0.2, 0) is 6.54 Å². The maximum atomic E-state index is 5.90. The molecular formula is C14H17BrN4S. The Morgan fingerprint density at radius 1 is 1.30 bits per heavy atom. The fraction of sp³-hybridized carbons (Fsp3) is 0.286. The molecule has 0 radical (unpaired) electrons. The monoisotopic (exact) mass is 352 g/mol. The molecule has 0 unspecified atom stereocenters. The highest BCUT2D eigenvalue weighted by molar-refractivity contribution is 9.11. The Labute approximate surface area is 131 Å². The lowest BCUT2D eigenvalue weighted by molar-refractivity contribution is 1.01. The molecule has 106 valence electrons. The minimum absolute atomic E-state index is 0.402. The average molecular weight is 353 g/mol. The fourth-order valence-electron chi connectivity index (χ4n) is 1.89. The molecule has 2 aromatic rings. The lowest BCUT2D eigenvalue weighted by atomic mass is 10.1. The zero-order chi connectivity index (χ0) is 14.7. The molecule has 6 heteroatoms. The van der Waals surface area contributed by atoms with Gasteiger partial charge in [-0.15, -0.1) is 11.3 Å². The molecule has 0 bridgehead atoms. The van der Waals surface area contributed by atoms with E-state index in [4.69, 9.17) is 5.73 Å². The smallest absolute Gasteiger partial charge is 0.193 e. The molecule has 3 N–H and O–H groups in total. The van der Waals surface area contributed by atoms with Gasteiger partial charge < -0.3 is 11.1 Å². The number of guanidine groups is 1. The Hall–Kier alpha value is -1.40. The molecule has 1 aromatic heterocycles. The van der Waals surface area contributed by atoms with Crippen molar-refractivity contribution < 1.29 is 0 Å². The van der Waals surface area contributed by atoms with Gasteiger partial charge in [-0.3, -0.25) is 0 Å². The summed E-state index contributed by atoms with van der Waals surface area (Å²) in [6.07, 6.45) is 0. The van der Waals surface area contributed by atoms with Gasteiger partial charge in [0.05, 0.1) is 16.0 Å². The number of aliphatic imine (C=N–C) groups is 1. The number of nitrogens with zero attached hydrogens (tertiary/aromatic N) is 2. The third kappa shape index (κ3) is 4.05. The van der Waals surface area contributed by atoms with Crippen molar-refractivity contribution >= 4 is 38.9 Å². The predicted octanol–water partition coefficient (Wildman–Crippen LogP) is 3.76. The van der Waals surface area contributed by atoms with Crippen molar-refractivity contribution in [1.29, 1.82) is 0 Å². The van der Waals surface area contributed by atoms with Crippen molar-refractivity contribution in [3.8, 4) is 0 Å². The SMILES string of the molecule is Cc1cc(C)cc(NC(N)=NCc2nc(C)c(Br)s2)c1. The number of halogens is 1. The number of nitrogens with two attached hydrogens (primary N) is 1. The van der Waals surface area contributed by atoms with Crippen LogP contribution < -0.4 is 11.1 Å². The Morgan fingerprint density at radius 3 is 2.50 bits per heavy atom. The zero-order valence-corrected chi connectivity index (χ0v) is 14.1. The standard InChI is InChI=1S/C14H17BrN4S/c1-8-4-9(2)6-11(5-8)19-14(16)17-7-12-18-10(3)13(15)20-12/h4-6H,7H2,1-3H3,(H3,16,17,19). The summed E-state index contributed by atoms with van der Waals surface area (Å²) < 4.78 is 1.04. The summed E-state index contributed by atoms with van der Waals surface area (Å²) in [5.41, 5.74) is 10.2. The normalized spacial score (nSPS) is 11.7. The quantitative estimate of drug-likeness (QED) is 0.652. The topological polar surface area (TPSA) is 63.3 Å². The molecule has 0 aliphatic rings. The Bertz CT molecular complexity index is 609. The van der Waals surface area contributed by atoms with E-state index in [2.05, 4.69) is 51.1 Å². The molecule has 0 atom stereocenters. The first kappa shape index (κ1) is 15.0. The van der Waals surface area contributed by atoms with E-state index in [0.29, 0.717) is 12.5 Å². The third-order valence-electron chi connectivity index (χ3n) is 2.66. The summed E-state index contributed by atoms with van der Waals surface area (Å²) in [5, 5.41) is 4.05. The number of aryl methyl sites for hydroxylation is 3. The number of aromatic nitrogens is 1. The Kier molecular flexibility index (Phi) is 4.77. The van der Waals surface area contributed by atoms with Crippen molar-refractivity contribution in [3.05, 3.63) is 43.8 Å². The first-order valence-corrected chi connectivity index (χ1v) is 7.82. The van der Waals surface area contributed by atoms with Gasteiger partial charge in [0.1, 0.15) is 5.01 Å². The number of thiazole rings is 1. The van der Waals surface area contributed by atoms with Gasteiger partial charge in [0.2, 0.25) is 0 Å². The molecule has 0 fully saturated rings. The second-order valence-electron chi connectivity index (χ2n) is 4.67. The van der Waals surface area contributed by atoms with Gasteiger partial charge in [-0.05, 0) is 60.0 Å². The number of anilines is 1. The molecule has 2 rings (SSSR count). The maximum absolute atomic E-state index is 5.90. The predicted molar refractivity (Wildman–Crippen MR) is 89.4 cm³/mol. The summed E-state index contributed by atoms with van der Waals surface area (Å²) in [6, 6.07) is 6.20. The Morgan fingerprint density at radius 2 is 1.95 bits per heavy atom. The van der Waals surface area contributed by atoms with Crippen molar-refractivity contribution in [3.63, 3.8) is 0 Å². The van der Waals surface area contributed by atoms with Crippen LogP contribution in [0.1, 0.15) is 21.8 Å². The van der Waals surface area contributed by atoms with Crippen LogP contribution >= 0.6 is 27.3 Å². The van der Waals surface area contributed by atoms with Crippen LogP contribution in [0.3, 0.4) is 0 Å². The first-order valence-electron chi connectivity index (χ1n) is 6.21. The van der Waals surface area contributed by atoms with Crippen LogP contribution in [0.25, 0.3) is 0 Å². The second kappa shape index (κ2) is 6.37. The molecule has 1 aromatic carbocycles. The highest BCUT2D eigenvalue weighted by atomic mass is 79.9. The summed E-state index contributed by atoms with van der Waals surface area (Å²) in [4.78, 5) is 8.71. The molecule has 0 spiro atoms. The van der Waals surface area contributed by atoms with Crippen LogP contribution in [0.2, 0.25) is 0 Å². The fourth-order valence-corrected chi connectivity index (χ4v) is 3.25. The van der Waals surface area contributed by atoms with E-state index in [1.54, 1.807) is 11.3 Å². The third-order valence-corrected chi connectivity index (χ3v) is 4.65. The molecule has 0 saturated heterocycles. The van der Waals surface area contributed by atoms with Gasteiger partial charge in [0.25, 0.3) is 0 Å². The van der Waals surface area contributed by atoms with E-state index in [-0.39, 0.29) is 0 Å². The minimum atomic E-state index is 0.402. The van der Waals surface area contributed by atoms with Gasteiger partial charge in [-0.1, -0.05) is 6.07 Å². The molecule has 0 aliphatic carbocycles. The van der Waals surface area contributed by atoms with Gasteiger partial charge in [-0.25, -0.2) is 9.98 Å². The maximum Gasteiger partial charge on any atom is 0.193 e. The number of benzene rings is 1. The van der Waals surface area contributed by atoms with Crippen LogP contribution in [-0.4, -0.2) is 10.9 Å². The molecule has 0 amide bonds. The Balaban J connectivity index is 2.03. The zero-order valence-electron chi connectivity index (χ0n) is 11.7. The number of nitrogens with one attached hydrogen (secondary N) is 1. The molecule has 1 heterocycles. The van der Waals surface area contributed by atoms with E-state index in [0.717, 1.165) is 20.2 Å². The van der Waals surface area contributed by atoms with Crippen molar-refractivity contribution in [1.82, 2.24) is 4.98 Å². The van der Waals surface area contributed by atoms with Crippen molar-refractivity contribution in [2.75, 3.05) is 5.32 Å². The first-order chi connectivity index (χ1) is 9.44. The van der Waals surface area contributed by atoms with E-state index in [1.165, 1.54) is 11.1 Å². The average Bonchev–Trinajstić information content (AvgIpc) is 2.65. The summed E-state index contributed by atoms with van der Waals surface area (Å²) in [6.45, 7) is 6.56. The van der Waals surface area contributed by atoms with E-state index < -0.39 is 0 Å². The van der Waals surface area contributed by atoms with E-state index in [9.17, 15) is 0 Å². The van der Waals surface area contributed by atoms with E-state index in [1.807, 2.05) is 19.1 Å². The second-order valence-corrected chi connectivity index (χ2v) is 7.07. The van der Waals surface area contributed by atoms with Crippen LogP contribution in [0.5, 0.6) is 0 Å². The van der Waals surface area contributed by atoms with E-state index >= 15 is 0 Å². The molecule has 4 nitrogen and oxygen atoms in total. The van der Waals surface area contributed by atoms with Gasteiger partial charge in [0.15, 0.2) is 5.96 Å². The highest BCUT2D eigenvalue weighted by Crippen LogP contribution is 2.24. The summed E-state index contributed by atoms with van der Waals surface area (Å²) in [5.74, 6) is 0.402. The summed E-state index contributed by atoms with van der Waals surface area (Å²) >= 11 is 5.04. The molecule has 0 aliphatic heterocycles. The molecular weight excluding hydrogens is 336 g/mol.